The number of rotatable bonds is 5. The molecule has 1 unspecified atom stereocenters. The van der Waals surface area contributed by atoms with Crippen molar-refractivity contribution in [2.75, 3.05) is 0 Å². The molecule has 0 spiro atoms. The van der Waals surface area contributed by atoms with Crippen molar-refractivity contribution in [3.63, 3.8) is 0 Å². The zero-order chi connectivity index (χ0) is 29.4. The van der Waals surface area contributed by atoms with Crippen LogP contribution in [0, 0.1) is 29.1 Å². The quantitative estimate of drug-likeness (QED) is 0.215. The second-order valence-corrected chi connectivity index (χ2v) is 13.0. The van der Waals surface area contributed by atoms with Crippen molar-refractivity contribution in [2.45, 2.75) is 51.4 Å². The van der Waals surface area contributed by atoms with Gasteiger partial charge in [0, 0.05) is 16.7 Å². The lowest BCUT2D eigenvalue weighted by Gasteiger charge is -2.50. The number of aromatic nitrogens is 3. The molecule has 4 nitrogen and oxygen atoms in total. The molecule has 0 radical (unpaired) electrons. The number of benzene rings is 4. The Kier molecular flexibility index (Phi) is 7.11. The summed E-state index contributed by atoms with van der Waals surface area (Å²) in [6.07, 6.45) is 6.68. The monoisotopic (exact) mass is 560 g/mol. The molecule has 0 N–H and O–H groups in total. The van der Waals surface area contributed by atoms with Gasteiger partial charge in [-0.1, -0.05) is 105 Å². The van der Waals surface area contributed by atoms with Crippen LogP contribution in [0.15, 0.2) is 103 Å². The fourth-order valence-electron chi connectivity index (χ4n) is 7.93. The van der Waals surface area contributed by atoms with Crippen molar-refractivity contribution in [3.8, 4) is 51.4 Å². The normalized spacial score (nSPS) is 23.0. The van der Waals surface area contributed by atoms with E-state index >= 15 is 0 Å². The van der Waals surface area contributed by atoms with Gasteiger partial charge in [-0.25, -0.2) is 15.0 Å². The lowest BCUT2D eigenvalue weighted by Crippen LogP contribution is -2.42. The molecule has 2 aliphatic rings. The van der Waals surface area contributed by atoms with E-state index in [2.05, 4.69) is 68.4 Å². The average molecular weight is 561 g/mol. The Bertz CT molecular complexity index is 1750. The van der Waals surface area contributed by atoms with Crippen LogP contribution in [0.25, 0.3) is 45.3 Å². The van der Waals surface area contributed by atoms with Crippen LogP contribution in [0.4, 0.5) is 0 Å². The molecule has 0 aliphatic heterocycles. The van der Waals surface area contributed by atoms with Gasteiger partial charge in [-0.3, -0.25) is 0 Å². The molecule has 0 saturated heterocycles. The fourth-order valence-corrected chi connectivity index (χ4v) is 7.93. The highest BCUT2D eigenvalue weighted by molar-refractivity contribution is 5.70. The van der Waals surface area contributed by atoms with Gasteiger partial charge in [-0.05, 0) is 84.1 Å². The Hall–Kier alpha value is -4.62. The van der Waals surface area contributed by atoms with Crippen LogP contribution in [0.5, 0.6) is 0 Å². The maximum absolute atomic E-state index is 9.13. The van der Waals surface area contributed by atoms with Crippen molar-refractivity contribution in [1.29, 1.82) is 5.26 Å². The third-order valence-electron chi connectivity index (χ3n) is 9.54. The maximum atomic E-state index is 9.13. The van der Waals surface area contributed by atoms with E-state index in [0.717, 1.165) is 45.6 Å². The molecule has 5 aromatic rings. The second kappa shape index (κ2) is 11.2. The highest BCUT2D eigenvalue weighted by Crippen LogP contribution is 2.54. The molecule has 7 rings (SSSR count). The maximum Gasteiger partial charge on any atom is 0.164 e. The highest BCUT2D eigenvalue weighted by atomic mass is 15.0. The van der Waals surface area contributed by atoms with Crippen molar-refractivity contribution in [3.05, 3.63) is 114 Å². The minimum atomic E-state index is 0.300. The number of hydrogen-bond acceptors (Lipinski definition) is 4. The first kappa shape index (κ1) is 27.2. The zero-order valence-electron chi connectivity index (χ0n) is 24.9. The minimum Gasteiger partial charge on any atom is -0.208 e. The van der Waals surface area contributed by atoms with Gasteiger partial charge in [0.25, 0.3) is 0 Å². The number of nitrogens with zero attached hydrogens (tertiary/aromatic N) is 4. The SMILES string of the molecule is C[C@@H]1C[C@@H]2C[C@H](C)CC(c3ccc(-c4nc(-c5ccccc5)nc(-c5ccc(-c6ccc(C#N)cc6)cc5)n4)cc3)(C1)C2. The van der Waals surface area contributed by atoms with E-state index in [-0.39, 0.29) is 0 Å². The van der Waals surface area contributed by atoms with Gasteiger partial charge in [0.05, 0.1) is 11.6 Å². The van der Waals surface area contributed by atoms with Crippen LogP contribution in [-0.4, -0.2) is 15.0 Å². The standard InChI is InChI=1S/C39H36N4/c1-26-20-29-21-27(2)23-39(22-26,24-29)35-18-16-34(17-19-35)38-42-36(32-6-4-3-5-7-32)41-37(43-38)33-14-12-31(13-15-33)30-10-8-28(25-40)9-11-30/h3-19,26-27,29H,20-24H2,1-2H3/t26-,27+,29-,39?. The first-order chi connectivity index (χ1) is 21.0. The van der Waals surface area contributed by atoms with E-state index < -0.39 is 0 Å². The van der Waals surface area contributed by atoms with E-state index in [9.17, 15) is 0 Å². The first-order valence-electron chi connectivity index (χ1n) is 15.5. The highest BCUT2D eigenvalue weighted by Gasteiger charge is 2.45. The lowest BCUT2D eigenvalue weighted by atomic mass is 9.54. The van der Waals surface area contributed by atoms with Crippen LogP contribution in [0.1, 0.15) is 57.1 Å². The van der Waals surface area contributed by atoms with E-state index in [1.807, 2.05) is 54.6 Å². The molecule has 43 heavy (non-hydrogen) atoms. The summed E-state index contributed by atoms with van der Waals surface area (Å²) in [5, 5.41) is 9.13. The van der Waals surface area contributed by atoms with Gasteiger partial charge in [0.1, 0.15) is 0 Å². The largest absolute Gasteiger partial charge is 0.208 e. The molecular weight excluding hydrogens is 524 g/mol. The van der Waals surface area contributed by atoms with Gasteiger partial charge in [0.15, 0.2) is 17.5 Å². The molecule has 2 aliphatic carbocycles. The number of nitriles is 1. The van der Waals surface area contributed by atoms with Crippen molar-refractivity contribution >= 4 is 0 Å². The molecule has 0 amide bonds. The smallest absolute Gasteiger partial charge is 0.164 e. The minimum absolute atomic E-state index is 0.300. The van der Waals surface area contributed by atoms with Gasteiger partial charge >= 0.3 is 0 Å². The molecular formula is C39H36N4. The number of fused-ring (bicyclic) bond motifs is 2. The van der Waals surface area contributed by atoms with Crippen molar-refractivity contribution in [1.82, 2.24) is 15.0 Å². The first-order valence-corrected chi connectivity index (χ1v) is 15.5. The van der Waals surface area contributed by atoms with E-state index in [1.165, 1.54) is 37.7 Å². The van der Waals surface area contributed by atoms with Gasteiger partial charge in [-0.2, -0.15) is 5.26 Å². The van der Waals surface area contributed by atoms with Crippen LogP contribution >= 0.6 is 0 Å². The Labute approximate surface area is 254 Å². The van der Waals surface area contributed by atoms with Crippen molar-refractivity contribution < 1.29 is 0 Å². The summed E-state index contributed by atoms with van der Waals surface area (Å²) < 4.78 is 0. The van der Waals surface area contributed by atoms with E-state index in [0.29, 0.717) is 28.5 Å². The summed E-state index contributed by atoms with van der Waals surface area (Å²) in [5.74, 6) is 4.45. The summed E-state index contributed by atoms with van der Waals surface area (Å²) in [6.45, 7) is 4.89. The Morgan fingerprint density at radius 2 is 1.00 bits per heavy atom. The van der Waals surface area contributed by atoms with Crippen LogP contribution in [-0.2, 0) is 5.41 Å². The molecule has 4 atom stereocenters. The molecule has 2 saturated carbocycles. The Balaban J connectivity index is 1.24. The summed E-state index contributed by atoms with van der Waals surface area (Å²) in [4.78, 5) is 14.9. The van der Waals surface area contributed by atoms with Crippen LogP contribution in [0.3, 0.4) is 0 Å². The molecule has 4 aromatic carbocycles. The van der Waals surface area contributed by atoms with Crippen LogP contribution in [0.2, 0.25) is 0 Å². The fraction of sp³-hybridized carbons (Fsp3) is 0.282. The molecule has 2 bridgehead atoms. The van der Waals surface area contributed by atoms with Gasteiger partial charge in [-0.15, -0.1) is 0 Å². The summed E-state index contributed by atoms with van der Waals surface area (Å²) in [7, 11) is 0. The average Bonchev–Trinajstić information content (AvgIpc) is 3.04. The summed E-state index contributed by atoms with van der Waals surface area (Å²) >= 11 is 0. The van der Waals surface area contributed by atoms with Crippen LogP contribution < -0.4 is 0 Å². The topological polar surface area (TPSA) is 62.5 Å². The Morgan fingerprint density at radius 3 is 1.51 bits per heavy atom. The molecule has 1 aromatic heterocycles. The molecule has 4 heteroatoms. The third-order valence-corrected chi connectivity index (χ3v) is 9.54. The second-order valence-electron chi connectivity index (χ2n) is 13.0. The molecule has 1 heterocycles. The van der Waals surface area contributed by atoms with Crippen molar-refractivity contribution in [2.24, 2.45) is 17.8 Å². The van der Waals surface area contributed by atoms with Gasteiger partial charge in [0.2, 0.25) is 0 Å². The summed E-state index contributed by atoms with van der Waals surface area (Å²) in [6, 6.07) is 37.4. The van der Waals surface area contributed by atoms with E-state index in [4.69, 9.17) is 20.2 Å². The summed E-state index contributed by atoms with van der Waals surface area (Å²) in [5.41, 5.74) is 7.51. The Morgan fingerprint density at radius 1 is 0.558 bits per heavy atom. The molecule has 2 fully saturated rings. The number of hydrogen-bond donors (Lipinski definition) is 0. The lowest BCUT2D eigenvalue weighted by molar-refractivity contribution is 0.0780. The van der Waals surface area contributed by atoms with E-state index in [1.54, 1.807) is 0 Å². The van der Waals surface area contributed by atoms with Gasteiger partial charge < -0.3 is 0 Å². The molecule has 212 valence electrons. The zero-order valence-corrected chi connectivity index (χ0v) is 24.9. The third kappa shape index (κ3) is 5.48. The predicted molar refractivity (Wildman–Crippen MR) is 173 cm³/mol. The predicted octanol–water partition coefficient (Wildman–Crippen LogP) is 9.52.